The maximum atomic E-state index is 10.5. The topological polar surface area (TPSA) is 115 Å². The average Bonchev–Trinajstić information content (AvgIpc) is 2.24. The first-order valence-corrected chi connectivity index (χ1v) is 9.15. The lowest BCUT2D eigenvalue weighted by Crippen LogP contribution is -1.91. The highest BCUT2D eigenvalue weighted by Gasteiger charge is 2.11. The maximum absolute atomic E-state index is 10.5. The van der Waals surface area contributed by atoms with Gasteiger partial charge >= 0.3 is 15.9 Å². The molecule has 0 saturated carbocycles. The summed E-state index contributed by atoms with van der Waals surface area (Å²) in [7, 11) is -6.94. The minimum Gasteiger partial charge on any atom is -0.326 e. The summed E-state index contributed by atoms with van der Waals surface area (Å²) < 4.78 is 19.3. The van der Waals surface area contributed by atoms with Gasteiger partial charge in [-0.3, -0.25) is 9.13 Å². The maximum Gasteiger partial charge on any atom is 0.326 e. The Hall–Kier alpha value is -0.130. The first kappa shape index (κ1) is 17.9. The van der Waals surface area contributed by atoms with Gasteiger partial charge in [-0.15, -0.1) is 0 Å². The van der Waals surface area contributed by atoms with Crippen molar-refractivity contribution < 1.29 is 28.7 Å². The van der Waals surface area contributed by atoms with Crippen LogP contribution < -0.4 is 0 Å². The fourth-order valence-electron chi connectivity index (χ4n) is 0.948. The SMILES string of the molecule is O=P(O)(O)CCSCc1ccccc1.O=[PH](O)O. The van der Waals surface area contributed by atoms with E-state index in [9.17, 15) is 4.57 Å². The van der Waals surface area contributed by atoms with E-state index in [1.807, 2.05) is 30.3 Å². The fraction of sp³-hybridized carbons (Fsp3) is 0.333. The Bertz CT molecular complexity index is 389. The van der Waals surface area contributed by atoms with Gasteiger partial charge in [0, 0.05) is 11.5 Å². The predicted octanol–water partition coefficient (Wildman–Crippen LogP) is 1.46. The third kappa shape index (κ3) is 13.9. The molecule has 0 aliphatic rings. The summed E-state index contributed by atoms with van der Waals surface area (Å²) in [6.07, 6.45) is -0.0372. The van der Waals surface area contributed by atoms with E-state index < -0.39 is 15.9 Å². The number of hydrogen-bond acceptors (Lipinski definition) is 3. The largest absolute Gasteiger partial charge is 0.326 e. The van der Waals surface area contributed by atoms with Crippen molar-refractivity contribution in [1.82, 2.24) is 0 Å². The second-order valence-corrected chi connectivity index (χ2v) is 6.66. The molecule has 0 aromatic heterocycles. The first-order valence-electron chi connectivity index (χ1n) is 4.89. The average molecular weight is 314 g/mol. The Morgan fingerprint density at radius 1 is 1.17 bits per heavy atom. The van der Waals surface area contributed by atoms with Gasteiger partial charge in [0.05, 0.1) is 6.16 Å². The minimum absolute atomic E-state index is 0.0372. The highest BCUT2D eigenvalue weighted by molar-refractivity contribution is 7.98. The van der Waals surface area contributed by atoms with Crippen molar-refractivity contribution in [3.8, 4) is 0 Å². The lowest BCUT2D eigenvalue weighted by atomic mass is 10.2. The van der Waals surface area contributed by atoms with Gasteiger partial charge in [0.1, 0.15) is 0 Å². The zero-order chi connectivity index (χ0) is 14.0. The van der Waals surface area contributed by atoms with E-state index in [0.717, 1.165) is 5.75 Å². The van der Waals surface area contributed by atoms with Crippen molar-refractivity contribution in [1.29, 1.82) is 0 Å². The van der Waals surface area contributed by atoms with Crippen LogP contribution in [-0.2, 0) is 14.9 Å². The van der Waals surface area contributed by atoms with Crippen LogP contribution in [0.3, 0.4) is 0 Å². The van der Waals surface area contributed by atoms with Crippen molar-refractivity contribution in [2.75, 3.05) is 11.9 Å². The molecular weight excluding hydrogens is 298 g/mol. The van der Waals surface area contributed by atoms with Crippen LogP contribution in [-0.4, -0.2) is 31.5 Å². The fourth-order valence-corrected chi connectivity index (χ4v) is 2.99. The van der Waals surface area contributed by atoms with Gasteiger partial charge in [-0.05, 0) is 5.56 Å². The van der Waals surface area contributed by atoms with Gasteiger partial charge in [-0.1, -0.05) is 30.3 Å². The monoisotopic (exact) mass is 314 g/mol. The second kappa shape index (κ2) is 9.75. The molecule has 0 aliphatic heterocycles. The molecule has 0 heterocycles. The molecule has 1 aromatic carbocycles. The predicted molar refractivity (Wildman–Crippen MR) is 73.0 cm³/mol. The molecule has 0 bridgehead atoms. The zero-order valence-corrected chi connectivity index (χ0v) is 12.2. The summed E-state index contributed by atoms with van der Waals surface area (Å²) in [5, 5.41) is 0. The Labute approximate surface area is 110 Å². The van der Waals surface area contributed by atoms with E-state index in [2.05, 4.69) is 0 Å². The van der Waals surface area contributed by atoms with E-state index in [-0.39, 0.29) is 6.16 Å². The van der Waals surface area contributed by atoms with Crippen LogP contribution in [0.4, 0.5) is 0 Å². The lowest BCUT2D eigenvalue weighted by molar-refractivity contribution is 0.375. The lowest BCUT2D eigenvalue weighted by Gasteiger charge is -2.03. The molecule has 0 atom stereocenters. The first-order chi connectivity index (χ1) is 8.31. The van der Waals surface area contributed by atoms with Gasteiger partial charge < -0.3 is 19.6 Å². The van der Waals surface area contributed by atoms with Crippen molar-refractivity contribution in [2.24, 2.45) is 0 Å². The van der Waals surface area contributed by atoms with Crippen LogP contribution in [0.25, 0.3) is 0 Å². The summed E-state index contributed by atoms with van der Waals surface area (Å²) >= 11 is 1.54. The highest BCUT2D eigenvalue weighted by atomic mass is 32.2. The Morgan fingerprint density at radius 2 is 1.67 bits per heavy atom. The molecule has 0 fully saturated rings. The molecule has 18 heavy (non-hydrogen) atoms. The molecule has 104 valence electrons. The zero-order valence-electron chi connectivity index (χ0n) is 9.47. The van der Waals surface area contributed by atoms with Crippen molar-refractivity contribution >= 4 is 27.6 Å². The summed E-state index contributed by atoms with van der Waals surface area (Å²) in [5.41, 5.74) is 1.18. The highest BCUT2D eigenvalue weighted by Crippen LogP contribution is 2.35. The molecule has 0 saturated heterocycles. The third-order valence-electron chi connectivity index (χ3n) is 1.64. The summed E-state index contributed by atoms with van der Waals surface area (Å²) in [4.78, 5) is 31.5. The van der Waals surface area contributed by atoms with Crippen LogP contribution in [0.1, 0.15) is 5.56 Å². The molecule has 1 aromatic rings. The summed E-state index contributed by atoms with van der Waals surface area (Å²) in [5.74, 6) is 1.31. The van der Waals surface area contributed by atoms with Crippen molar-refractivity contribution in [3.05, 3.63) is 35.9 Å². The number of rotatable bonds is 5. The van der Waals surface area contributed by atoms with Gasteiger partial charge in [0.2, 0.25) is 0 Å². The molecule has 0 aliphatic carbocycles. The standard InChI is InChI=1S/C9H13O3PS.H3O3P/c10-13(11,12)6-7-14-8-9-4-2-1-3-5-9;1-4(2)3/h1-5H,6-8H2,(H2,10,11,12);4H,(H2,1,2,3). The minimum atomic E-state index is -3.81. The van der Waals surface area contributed by atoms with Crippen LogP contribution in [0.5, 0.6) is 0 Å². The van der Waals surface area contributed by atoms with Gasteiger partial charge in [0.25, 0.3) is 0 Å². The quantitative estimate of drug-likeness (QED) is 0.480. The second-order valence-electron chi connectivity index (χ2n) is 3.21. The van der Waals surface area contributed by atoms with Gasteiger partial charge in [-0.2, -0.15) is 11.8 Å². The van der Waals surface area contributed by atoms with E-state index in [0.29, 0.717) is 5.75 Å². The molecular formula is C9H16O6P2S. The van der Waals surface area contributed by atoms with E-state index >= 15 is 0 Å². The Balaban J connectivity index is 0.000000631. The Morgan fingerprint density at radius 3 is 2.11 bits per heavy atom. The number of thioether (sulfide) groups is 1. The van der Waals surface area contributed by atoms with Crippen LogP contribution in [0.2, 0.25) is 0 Å². The van der Waals surface area contributed by atoms with Crippen LogP contribution >= 0.6 is 27.6 Å². The van der Waals surface area contributed by atoms with E-state index in [1.54, 1.807) is 11.8 Å². The summed E-state index contributed by atoms with van der Waals surface area (Å²) in [6.45, 7) is 0. The molecule has 6 nitrogen and oxygen atoms in total. The molecule has 0 spiro atoms. The van der Waals surface area contributed by atoms with Gasteiger partial charge in [0.15, 0.2) is 0 Å². The smallest absolute Gasteiger partial charge is 0.326 e. The molecule has 1 rings (SSSR count). The van der Waals surface area contributed by atoms with E-state index in [1.165, 1.54) is 5.56 Å². The van der Waals surface area contributed by atoms with E-state index in [4.69, 9.17) is 24.1 Å². The normalized spacial score (nSPS) is 10.9. The van der Waals surface area contributed by atoms with Crippen LogP contribution in [0.15, 0.2) is 30.3 Å². The van der Waals surface area contributed by atoms with Crippen molar-refractivity contribution in [3.63, 3.8) is 0 Å². The number of hydrogen-bond donors (Lipinski definition) is 4. The van der Waals surface area contributed by atoms with Crippen molar-refractivity contribution in [2.45, 2.75) is 5.75 Å². The molecule has 0 unspecified atom stereocenters. The van der Waals surface area contributed by atoms with Gasteiger partial charge in [-0.25, -0.2) is 0 Å². The molecule has 4 N–H and O–H groups in total. The van der Waals surface area contributed by atoms with Crippen LogP contribution in [0, 0.1) is 0 Å². The number of benzene rings is 1. The molecule has 0 amide bonds. The summed E-state index contributed by atoms with van der Waals surface area (Å²) in [6, 6.07) is 9.87. The molecule has 9 heteroatoms. The third-order valence-corrected chi connectivity index (χ3v) is 3.78. The Kier molecular flexibility index (Phi) is 9.68. The molecule has 0 radical (unpaired) electrons.